The predicted molar refractivity (Wildman–Crippen MR) is 292 cm³/mol. The van der Waals surface area contributed by atoms with Gasteiger partial charge in [0.15, 0.2) is 0 Å². The second-order valence-corrected chi connectivity index (χ2v) is 17.6. The lowest BCUT2D eigenvalue weighted by Gasteiger charge is -2.30. The molecule has 0 unspecified atom stereocenters. The maximum atomic E-state index is 2.51. The Kier molecular flexibility index (Phi) is 9.84. The molecule has 0 radical (unpaired) electrons. The minimum absolute atomic E-state index is 1.06. The van der Waals surface area contributed by atoms with Gasteiger partial charge in [0.2, 0.25) is 0 Å². The highest BCUT2D eigenvalue weighted by Gasteiger charge is 2.26. The lowest BCUT2D eigenvalue weighted by molar-refractivity contribution is 1.18. The molecule has 13 aromatic rings. The van der Waals surface area contributed by atoms with Gasteiger partial charge < -0.3 is 14.0 Å². The van der Waals surface area contributed by atoms with Crippen LogP contribution < -0.4 is 4.90 Å². The van der Waals surface area contributed by atoms with Crippen molar-refractivity contribution >= 4 is 60.7 Å². The fourth-order valence-electron chi connectivity index (χ4n) is 10.7. The summed E-state index contributed by atoms with van der Waals surface area (Å²) >= 11 is 0. The number of aromatic nitrogens is 2. The first-order valence-electron chi connectivity index (χ1n) is 23.7. The summed E-state index contributed by atoms with van der Waals surface area (Å²) in [6.07, 6.45) is 0. The van der Waals surface area contributed by atoms with Crippen molar-refractivity contribution in [2.45, 2.75) is 0 Å². The summed E-state index contributed by atoms with van der Waals surface area (Å²) in [5, 5.41) is 4.86. The molecule has 13 rings (SSSR count). The Morgan fingerprint density at radius 2 is 0.725 bits per heavy atom. The summed E-state index contributed by atoms with van der Waals surface area (Å²) in [4.78, 5) is 2.51. The average molecular weight is 880 g/mol. The molecule has 0 amide bonds. The molecule has 0 bridgehead atoms. The van der Waals surface area contributed by atoms with Crippen LogP contribution in [0.4, 0.5) is 17.1 Å². The van der Waals surface area contributed by atoms with Crippen molar-refractivity contribution in [3.05, 3.63) is 273 Å². The number of nitrogens with zero attached hydrogens (tertiary/aromatic N) is 3. The van der Waals surface area contributed by atoms with E-state index in [1.165, 1.54) is 60.4 Å². The molecule has 0 spiro atoms. The Labute approximate surface area is 401 Å². The van der Waals surface area contributed by atoms with Crippen LogP contribution in [-0.2, 0) is 0 Å². The van der Waals surface area contributed by atoms with Gasteiger partial charge in [0, 0.05) is 44.2 Å². The quantitative estimate of drug-likeness (QED) is 0.141. The third kappa shape index (κ3) is 6.82. The van der Waals surface area contributed by atoms with E-state index < -0.39 is 0 Å². The molecule has 2 aromatic heterocycles. The van der Waals surface area contributed by atoms with E-state index in [1.54, 1.807) is 0 Å². The van der Waals surface area contributed by atoms with Gasteiger partial charge in [-0.1, -0.05) is 194 Å². The predicted octanol–water partition coefficient (Wildman–Crippen LogP) is 18.0. The van der Waals surface area contributed by atoms with E-state index in [4.69, 9.17) is 0 Å². The van der Waals surface area contributed by atoms with Gasteiger partial charge in [-0.05, 0) is 118 Å². The number of fused-ring (bicyclic) bond motifs is 6. The topological polar surface area (TPSA) is 13.1 Å². The van der Waals surface area contributed by atoms with E-state index in [-0.39, 0.29) is 0 Å². The van der Waals surface area contributed by atoms with Crippen LogP contribution in [0, 0.1) is 0 Å². The van der Waals surface area contributed by atoms with Gasteiger partial charge in [-0.3, -0.25) is 0 Å². The van der Waals surface area contributed by atoms with Gasteiger partial charge >= 0.3 is 0 Å². The highest BCUT2D eigenvalue weighted by atomic mass is 15.2. The molecule has 0 aliphatic carbocycles. The molecule has 0 fully saturated rings. The van der Waals surface area contributed by atoms with Gasteiger partial charge in [0.1, 0.15) is 0 Å². The molecule has 0 saturated carbocycles. The minimum Gasteiger partial charge on any atom is -0.309 e. The monoisotopic (exact) mass is 879 g/mol. The lowest BCUT2D eigenvalue weighted by atomic mass is 9.87. The van der Waals surface area contributed by atoms with Crippen LogP contribution in [0.5, 0.6) is 0 Å². The first-order chi connectivity index (χ1) is 34.3. The minimum atomic E-state index is 1.06. The third-order valence-corrected chi connectivity index (χ3v) is 13.7. The average Bonchev–Trinajstić information content (AvgIpc) is 3.95. The Bertz CT molecular complexity index is 3980. The zero-order valence-electron chi connectivity index (χ0n) is 37.8. The third-order valence-electron chi connectivity index (χ3n) is 13.7. The summed E-state index contributed by atoms with van der Waals surface area (Å²) in [6, 6.07) is 99.2. The largest absolute Gasteiger partial charge is 0.309 e. The number of rotatable bonds is 9. The second-order valence-electron chi connectivity index (χ2n) is 17.6. The molecule has 0 atom stereocenters. The Morgan fingerprint density at radius 3 is 1.41 bits per heavy atom. The van der Waals surface area contributed by atoms with E-state index in [9.17, 15) is 0 Å². The van der Waals surface area contributed by atoms with Crippen molar-refractivity contribution in [1.29, 1.82) is 0 Å². The van der Waals surface area contributed by atoms with Gasteiger partial charge in [-0.25, -0.2) is 0 Å². The number of anilines is 3. The lowest BCUT2D eigenvalue weighted by Crippen LogP contribution is -2.12. The van der Waals surface area contributed by atoms with E-state index in [1.807, 2.05) is 0 Å². The molecule has 0 saturated heterocycles. The molecule has 0 aliphatic heterocycles. The summed E-state index contributed by atoms with van der Waals surface area (Å²) < 4.78 is 4.79. The molecule has 324 valence electrons. The van der Waals surface area contributed by atoms with E-state index in [0.29, 0.717) is 0 Å². The Morgan fingerprint density at radius 1 is 0.261 bits per heavy atom. The van der Waals surface area contributed by atoms with Crippen LogP contribution in [0.2, 0.25) is 0 Å². The maximum absolute atomic E-state index is 2.51. The van der Waals surface area contributed by atoms with Crippen LogP contribution in [0.3, 0.4) is 0 Å². The highest BCUT2D eigenvalue weighted by Crippen LogP contribution is 2.51. The first-order valence-corrected chi connectivity index (χ1v) is 23.7. The zero-order valence-corrected chi connectivity index (χ0v) is 37.8. The number of hydrogen-bond donors (Lipinski definition) is 0. The number of para-hydroxylation sites is 4. The van der Waals surface area contributed by atoms with Gasteiger partial charge in [0.25, 0.3) is 0 Å². The van der Waals surface area contributed by atoms with Crippen LogP contribution in [0.15, 0.2) is 273 Å². The summed E-state index contributed by atoms with van der Waals surface area (Å²) in [7, 11) is 0. The Balaban J connectivity index is 1.06. The van der Waals surface area contributed by atoms with Crippen molar-refractivity contribution < 1.29 is 0 Å². The van der Waals surface area contributed by atoms with Crippen molar-refractivity contribution in [1.82, 2.24) is 9.13 Å². The maximum Gasteiger partial charge on any atom is 0.0562 e. The SMILES string of the molecule is c1ccc(-c2ccccc2-c2c(-c3ccccc3)cccc2N(c2ccc(-c3ccc4c(c3)c3ccccc3n4-c3ccccc3)cc2)c2cccc3c2c2ccccc2n3-c2ccccc2)cc1. The Hall–Kier alpha value is -9.18. The van der Waals surface area contributed by atoms with Crippen LogP contribution in [-0.4, -0.2) is 9.13 Å². The number of hydrogen-bond acceptors (Lipinski definition) is 1. The second kappa shape index (κ2) is 16.9. The van der Waals surface area contributed by atoms with Crippen molar-refractivity contribution in [2.75, 3.05) is 4.90 Å². The molecular weight excluding hydrogens is 835 g/mol. The summed E-state index contributed by atoms with van der Waals surface area (Å²) in [5.74, 6) is 0. The zero-order chi connectivity index (χ0) is 45.7. The summed E-state index contributed by atoms with van der Waals surface area (Å²) in [6.45, 7) is 0. The first kappa shape index (κ1) is 40.1. The van der Waals surface area contributed by atoms with Gasteiger partial charge in [0.05, 0.1) is 33.4 Å². The molecule has 11 aromatic carbocycles. The van der Waals surface area contributed by atoms with Crippen LogP contribution in [0.1, 0.15) is 0 Å². The van der Waals surface area contributed by atoms with Crippen molar-refractivity contribution in [3.63, 3.8) is 0 Å². The fourth-order valence-corrected chi connectivity index (χ4v) is 10.7. The highest BCUT2D eigenvalue weighted by molar-refractivity contribution is 6.17. The molecule has 0 N–H and O–H groups in total. The molecule has 2 heterocycles. The summed E-state index contributed by atoms with van der Waals surface area (Å²) in [5.41, 5.74) is 19.6. The van der Waals surface area contributed by atoms with Crippen molar-refractivity contribution in [2.24, 2.45) is 0 Å². The standard InChI is InChI=1S/C66H45N3/c1-5-21-47(22-6-1)53-29-13-14-31-56(53)65-54(48-23-7-2-8-24-48)33-19-36-62(65)69(64-38-20-37-63-66(64)57-32-16-18-35-60(57)68(63)51-27-11-4-12-28-51)52-42-39-46(40-43-52)49-41-44-61-58(45-49)55-30-15-17-34-59(55)67(61)50-25-9-3-10-26-50/h1-45H. The van der Waals surface area contributed by atoms with Crippen LogP contribution in [0.25, 0.3) is 99.5 Å². The van der Waals surface area contributed by atoms with E-state index >= 15 is 0 Å². The number of benzene rings is 11. The smallest absolute Gasteiger partial charge is 0.0562 e. The molecule has 69 heavy (non-hydrogen) atoms. The van der Waals surface area contributed by atoms with Crippen molar-refractivity contribution in [3.8, 4) is 55.9 Å². The van der Waals surface area contributed by atoms with Crippen LogP contribution >= 0.6 is 0 Å². The molecular formula is C66H45N3. The fraction of sp³-hybridized carbons (Fsp3) is 0. The van der Waals surface area contributed by atoms with Gasteiger partial charge in [-0.2, -0.15) is 0 Å². The molecule has 3 nitrogen and oxygen atoms in total. The molecule has 3 heteroatoms. The normalized spacial score (nSPS) is 11.5. The van der Waals surface area contributed by atoms with Gasteiger partial charge in [-0.15, -0.1) is 0 Å². The molecule has 0 aliphatic rings. The van der Waals surface area contributed by atoms with E-state index in [0.717, 1.165) is 56.2 Å². The van der Waals surface area contributed by atoms with E-state index in [2.05, 4.69) is 287 Å².